The second-order valence-corrected chi connectivity index (χ2v) is 10.7. The van der Waals surface area contributed by atoms with E-state index in [1.54, 1.807) is 0 Å². The van der Waals surface area contributed by atoms with Crippen molar-refractivity contribution in [2.45, 2.75) is 84.9 Å². The Morgan fingerprint density at radius 3 is 1.90 bits per heavy atom. The average molecular weight is 650 g/mol. The van der Waals surface area contributed by atoms with Crippen molar-refractivity contribution in [3.63, 3.8) is 0 Å². The molecule has 228 valence electrons. The number of esters is 4. The van der Waals surface area contributed by atoms with Gasteiger partial charge in [0.25, 0.3) is 0 Å². The maximum atomic E-state index is 12.3. The predicted molar refractivity (Wildman–Crippen MR) is 155 cm³/mol. The van der Waals surface area contributed by atoms with Gasteiger partial charge in [0.15, 0.2) is 18.3 Å². The third-order valence-electron chi connectivity index (χ3n) is 6.60. The molecule has 0 bridgehead atoms. The lowest BCUT2D eigenvalue weighted by atomic mass is 9.88. The molecule has 42 heavy (non-hydrogen) atoms. The number of rotatable bonds is 11. The van der Waals surface area contributed by atoms with Crippen LogP contribution < -0.4 is 4.74 Å². The molecule has 5 atom stereocenters. The van der Waals surface area contributed by atoms with E-state index in [9.17, 15) is 19.2 Å². The van der Waals surface area contributed by atoms with Crippen LogP contribution in [0.3, 0.4) is 0 Å². The third kappa shape index (κ3) is 8.78. The molecule has 0 spiro atoms. The van der Waals surface area contributed by atoms with Crippen molar-refractivity contribution in [3.8, 4) is 5.75 Å². The van der Waals surface area contributed by atoms with Crippen LogP contribution in [0.25, 0.3) is 0 Å². The highest BCUT2D eigenvalue weighted by molar-refractivity contribution is 9.10. The SMILES string of the molecule is CCOc1cc(Br)c(Cc2ccc(CC)cc2)cc1[C@@H]1OC(COC(C)=O)[C@@H](OC(C)=O)[C@H](OC(C)=O)[C@H]1OC(C)=O. The number of hydrogen-bond acceptors (Lipinski definition) is 10. The van der Waals surface area contributed by atoms with Crippen LogP contribution in [0.5, 0.6) is 5.75 Å². The van der Waals surface area contributed by atoms with Crippen LogP contribution in [0.15, 0.2) is 40.9 Å². The molecule has 2 aromatic rings. The largest absolute Gasteiger partial charge is 0.493 e. The van der Waals surface area contributed by atoms with Gasteiger partial charge in [-0.1, -0.05) is 47.1 Å². The summed E-state index contributed by atoms with van der Waals surface area (Å²) in [5, 5.41) is 0. The summed E-state index contributed by atoms with van der Waals surface area (Å²) in [6, 6.07) is 12.0. The highest BCUT2D eigenvalue weighted by atomic mass is 79.9. The first-order valence-electron chi connectivity index (χ1n) is 13.8. The van der Waals surface area contributed by atoms with E-state index in [1.807, 2.05) is 19.1 Å². The van der Waals surface area contributed by atoms with Gasteiger partial charge in [0, 0.05) is 37.7 Å². The Labute approximate surface area is 254 Å². The number of hydrogen-bond donors (Lipinski definition) is 0. The smallest absolute Gasteiger partial charge is 0.303 e. The molecule has 0 radical (unpaired) electrons. The fraction of sp³-hybridized carbons (Fsp3) is 0.484. The van der Waals surface area contributed by atoms with Crippen LogP contribution in [0.2, 0.25) is 0 Å². The zero-order valence-corrected chi connectivity index (χ0v) is 26.2. The standard InChI is InChI=1S/C31H37BrO10/c1-7-21-9-11-22(12-10-21)13-23-14-24(26(37-8-2)15-25(23)32)28-30(40-19(5)35)31(41-20(6)36)29(39-18(4)34)27(42-28)16-38-17(3)33/h9-12,14-15,27-31H,7-8,13,16H2,1-6H3/t27?,28-,29+,30-,31-/m0/s1. The summed E-state index contributed by atoms with van der Waals surface area (Å²) in [5.41, 5.74) is 3.70. The van der Waals surface area contributed by atoms with Gasteiger partial charge in [-0.15, -0.1) is 0 Å². The topological polar surface area (TPSA) is 124 Å². The lowest BCUT2D eigenvalue weighted by Gasteiger charge is -2.45. The van der Waals surface area contributed by atoms with Crippen LogP contribution in [-0.4, -0.2) is 61.5 Å². The van der Waals surface area contributed by atoms with E-state index in [2.05, 4.69) is 47.1 Å². The Hall–Kier alpha value is -3.44. The first kappa shape index (κ1) is 33.1. The molecule has 1 heterocycles. The van der Waals surface area contributed by atoms with Crippen molar-refractivity contribution in [3.05, 3.63) is 63.1 Å². The fourth-order valence-corrected chi connectivity index (χ4v) is 5.31. The molecule has 1 unspecified atom stereocenters. The summed E-state index contributed by atoms with van der Waals surface area (Å²) in [4.78, 5) is 48.4. The minimum absolute atomic E-state index is 0.314. The number of aryl methyl sites for hydroxylation is 1. The van der Waals surface area contributed by atoms with Crippen molar-refractivity contribution >= 4 is 39.8 Å². The minimum atomic E-state index is -1.28. The molecule has 1 saturated heterocycles. The molecule has 0 aliphatic carbocycles. The maximum Gasteiger partial charge on any atom is 0.303 e. The molecular weight excluding hydrogens is 612 g/mol. The van der Waals surface area contributed by atoms with Gasteiger partial charge in [-0.05, 0) is 48.6 Å². The molecule has 1 aliphatic rings. The zero-order chi connectivity index (χ0) is 31.0. The molecular formula is C31H37BrO10. The second-order valence-electron chi connectivity index (χ2n) is 9.88. The molecule has 1 aliphatic heterocycles. The van der Waals surface area contributed by atoms with Crippen LogP contribution in [0, 0.1) is 0 Å². The van der Waals surface area contributed by atoms with Crippen LogP contribution in [0.4, 0.5) is 0 Å². The first-order valence-corrected chi connectivity index (χ1v) is 14.6. The summed E-state index contributed by atoms with van der Waals surface area (Å²) in [5.74, 6) is -2.20. The van der Waals surface area contributed by atoms with Crippen molar-refractivity contribution in [2.24, 2.45) is 0 Å². The van der Waals surface area contributed by atoms with Gasteiger partial charge in [0.1, 0.15) is 24.6 Å². The van der Waals surface area contributed by atoms with Gasteiger partial charge >= 0.3 is 23.9 Å². The number of halogens is 1. The summed E-state index contributed by atoms with van der Waals surface area (Å²) < 4.78 is 35.2. The number of ether oxygens (including phenoxy) is 6. The number of carbonyl (C=O) groups excluding carboxylic acids is 4. The zero-order valence-electron chi connectivity index (χ0n) is 24.6. The Kier molecular flexibility index (Phi) is 11.9. The predicted octanol–water partition coefficient (Wildman–Crippen LogP) is 4.80. The van der Waals surface area contributed by atoms with E-state index >= 15 is 0 Å². The van der Waals surface area contributed by atoms with E-state index < -0.39 is 54.4 Å². The van der Waals surface area contributed by atoms with E-state index in [1.165, 1.54) is 33.3 Å². The van der Waals surface area contributed by atoms with E-state index in [-0.39, 0.29) is 6.61 Å². The maximum absolute atomic E-state index is 12.3. The van der Waals surface area contributed by atoms with Crippen molar-refractivity contribution < 1.29 is 47.6 Å². The van der Waals surface area contributed by atoms with Crippen LogP contribution in [-0.2, 0) is 55.7 Å². The lowest BCUT2D eigenvalue weighted by molar-refractivity contribution is -0.254. The van der Waals surface area contributed by atoms with E-state index in [0.717, 1.165) is 22.0 Å². The first-order chi connectivity index (χ1) is 19.9. The average Bonchev–Trinajstić information content (AvgIpc) is 2.91. The molecule has 2 aromatic carbocycles. The summed E-state index contributed by atoms with van der Waals surface area (Å²) in [7, 11) is 0. The summed E-state index contributed by atoms with van der Waals surface area (Å²) in [6.45, 7) is 8.74. The Balaban J connectivity index is 2.17. The van der Waals surface area contributed by atoms with Gasteiger partial charge in [0.2, 0.25) is 0 Å². The van der Waals surface area contributed by atoms with E-state index in [0.29, 0.717) is 24.3 Å². The summed E-state index contributed by atoms with van der Waals surface area (Å²) >= 11 is 3.66. The van der Waals surface area contributed by atoms with Crippen LogP contribution >= 0.6 is 15.9 Å². The minimum Gasteiger partial charge on any atom is -0.493 e. The quantitative estimate of drug-likeness (QED) is 0.248. The molecule has 0 saturated carbocycles. The van der Waals surface area contributed by atoms with Crippen LogP contribution in [0.1, 0.15) is 69.9 Å². The molecule has 11 heteroatoms. The lowest BCUT2D eigenvalue weighted by Crippen LogP contribution is -2.59. The number of carbonyl (C=O) groups is 4. The molecule has 3 rings (SSSR count). The van der Waals surface area contributed by atoms with Gasteiger partial charge in [0.05, 0.1) is 6.61 Å². The van der Waals surface area contributed by atoms with Gasteiger partial charge in [-0.2, -0.15) is 0 Å². The van der Waals surface area contributed by atoms with Gasteiger partial charge < -0.3 is 28.4 Å². The Morgan fingerprint density at radius 2 is 1.36 bits per heavy atom. The Morgan fingerprint density at radius 1 is 0.786 bits per heavy atom. The van der Waals surface area contributed by atoms with Gasteiger partial charge in [-0.25, -0.2) is 0 Å². The monoisotopic (exact) mass is 648 g/mol. The van der Waals surface area contributed by atoms with Crippen molar-refractivity contribution in [1.29, 1.82) is 0 Å². The Bertz CT molecular complexity index is 1280. The molecule has 0 aromatic heterocycles. The molecule has 1 fully saturated rings. The highest BCUT2D eigenvalue weighted by Gasteiger charge is 2.53. The fourth-order valence-electron chi connectivity index (χ4n) is 4.85. The normalized spacial score (nSPS) is 21.6. The third-order valence-corrected chi connectivity index (χ3v) is 7.34. The van der Waals surface area contributed by atoms with Crippen molar-refractivity contribution in [2.75, 3.05) is 13.2 Å². The van der Waals surface area contributed by atoms with Crippen molar-refractivity contribution in [1.82, 2.24) is 0 Å². The molecule has 0 N–H and O–H groups in total. The second kappa shape index (κ2) is 15.2. The van der Waals surface area contributed by atoms with E-state index in [4.69, 9.17) is 28.4 Å². The summed E-state index contributed by atoms with van der Waals surface area (Å²) in [6.07, 6.45) is -4.38. The highest BCUT2D eigenvalue weighted by Crippen LogP contribution is 2.43. The molecule has 0 amide bonds. The van der Waals surface area contributed by atoms with Gasteiger partial charge in [-0.3, -0.25) is 19.2 Å². The number of benzene rings is 2. The molecule has 10 nitrogen and oxygen atoms in total.